The van der Waals surface area contributed by atoms with E-state index >= 15 is 0 Å². The predicted octanol–water partition coefficient (Wildman–Crippen LogP) is 3.59. The van der Waals surface area contributed by atoms with Crippen LogP contribution in [-0.4, -0.2) is 12.1 Å². The van der Waals surface area contributed by atoms with E-state index in [-0.39, 0.29) is 17.5 Å². The molecular weight excluding hydrogens is 252 g/mol. The summed E-state index contributed by atoms with van der Waals surface area (Å²) in [5.74, 6) is 1.31. The molecule has 3 rings (SSSR count). The molecule has 1 heterocycles. The van der Waals surface area contributed by atoms with Crippen LogP contribution in [-0.2, 0) is 22.4 Å². The minimum atomic E-state index is -0.212. The normalized spacial score (nSPS) is 32.5. The number of rotatable bonds is 1. The number of hydrogen-bond donors (Lipinski definition) is 0. The van der Waals surface area contributed by atoms with Crippen molar-refractivity contribution in [2.24, 2.45) is 11.3 Å². The Bertz CT molecular complexity index is 569. The van der Waals surface area contributed by atoms with E-state index in [4.69, 9.17) is 9.15 Å². The molecule has 0 amide bonds. The summed E-state index contributed by atoms with van der Waals surface area (Å²) >= 11 is 0. The van der Waals surface area contributed by atoms with Gasteiger partial charge in [-0.2, -0.15) is 0 Å². The Morgan fingerprint density at radius 1 is 1.55 bits per heavy atom. The van der Waals surface area contributed by atoms with Crippen LogP contribution < -0.4 is 0 Å². The van der Waals surface area contributed by atoms with E-state index in [1.807, 2.05) is 6.26 Å². The van der Waals surface area contributed by atoms with Gasteiger partial charge in [0.1, 0.15) is 11.9 Å². The second-order valence-corrected chi connectivity index (χ2v) is 6.62. The Hall–Kier alpha value is -1.51. The summed E-state index contributed by atoms with van der Waals surface area (Å²) in [5.41, 5.74) is 3.83. The van der Waals surface area contributed by atoms with Gasteiger partial charge in [-0.05, 0) is 54.2 Å². The molecule has 0 aromatic carbocycles. The monoisotopic (exact) mass is 274 g/mol. The summed E-state index contributed by atoms with van der Waals surface area (Å²) < 4.78 is 11.1. The second-order valence-electron chi connectivity index (χ2n) is 6.62. The van der Waals surface area contributed by atoms with Crippen LogP contribution >= 0.6 is 0 Å². The number of fused-ring (bicyclic) bond motifs is 2. The third-order valence-electron chi connectivity index (χ3n) is 5.15. The van der Waals surface area contributed by atoms with Crippen LogP contribution in [0.15, 0.2) is 22.8 Å². The van der Waals surface area contributed by atoms with Crippen LogP contribution in [0.1, 0.15) is 43.6 Å². The molecule has 1 aromatic heterocycles. The molecule has 3 atom stereocenters. The number of ether oxygens (including phenoxy) is 1. The number of aryl methyl sites for hydroxylation is 1. The fraction of sp³-hybridized carbons (Fsp3) is 0.588. The summed E-state index contributed by atoms with van der Waals surface area (Å²) in [6.07, 6.45) is 5.60. The molecule has 0 radical (unpaired) electrons. The average molecular weight is 274 g/mol. The van der Waals surface area contributed by atoms with Gasteiger partial charge in [0.2, 0.25) is 0 Å². The van der Waals surface area contributed by atoms with Gasteiger partial charge in [-0.3, -0.25) is 4.79 Å². The third-order valence-corrected chi connectivity index (χ3v) is 5.15. The summed E-state index contributed by atoms with van der Waals surface area (Å²) in [4.78, 5) is 11.2. The van der Waals surface area contributed by atoms with E-state index in [0.29, 0.717) is 5.92 Å². The molecule has 0 aliphatic heterocycles. The van der Waals surface area contributed by atoms with E-state index in [1.54, 1.807) is 0 Å². The lowest BCUT2D eigenvalue weighted by Crippen LogP contribution is -2.44. The Morgan fingerprint density at radius 2 is 2.30 bits per heavy atom. The molecule has 20 heavy (non-hydrogen) atoms. The van der Waals surface area contributed by atoms with Gasteiger partial charge in [0.05, 0.1) is 6.26 Å². The Morgan fingerprint density at radius 3 is 3.00 bits per heavy atom. The van der Waals surface area contributed by atoms with E-state index in [1.165, 1.54) is 18.1 Å². The van der Waals surface area contributed by atoms with Crippen molar-refractivity contribution < 1.29 is 13.9 Å². The molecule has 2 aliphatic rings. The molecule has 3 heteroatoms. The van der Waals surface area contributed by atoms with E-state index in [2.05, 4.69) is 20.4 Å². The van der Waals surface area contributed by atoms with Gasteiger partial charge in [-0.15, -0.1) is 0 Å². The Kier molecular flexibility index (Phi) is 3.03. The van der Waals surface area contributed by atoms with Gasteiger partial charge in [-0.25, -0.2) is 0 Å². The second kappa shape index (κ2) is 4.51. The summed E-state index contributed by atoms with van der Waals surface area (Å²) in [7, 11) is 0. The number of carbonyl (C=O) groups excluding carboxylic acids is 1. The maximum absolute atomic E-state index is 11.2. The number of esters is 1. The third kappa shape index (κ3) is 2.00. The lowest BCUT2D eigenvalue weighted by molar-refractivity contribution is -0.146. The molecule has 3 nitrogen and oxygen atoms in total. The summed E-state index contributed by atoms with van der Waals surface area (Å²) in [6, 6.07) is 0. The van der Waals surface area contributed by atoms with Crippen LogP contribution in [0.3, 0.4) is 0 Å². The van der Waals surface area contributed by atoms with Crippen molar-refractivity contribution in [2.75, 3.05) is 0 Å². The largest absolute Gasteiger partial charge is 0.469 e. The average Bonchev–Trinajstić information content (AvgIpc) is 2.72. The molecule has 2 aliphatic carbocycles. The van der Waals surface area contributed by atoms with Gasteiger partial charge >= 0.3 is 5.97 Å². The highest BCUT2D eigenvalue weighted by atomic mass is 16.5. The van der Waals surface area contributed by atoms with Crippen molar-refractivity contribution in [1.29, 1.82) is 0 Å². The van der Waals surface area contributed by atoms with Crippen molar-refractivity contribution in [3.05, 3.63) is 35.3 Å². The first kappa shape index (κ1) is 13.5. The zero-order valence-corrected chi connectivity index (χ0v) is 12.5. The molecule has 1 saturated carbocycles. The zero-order chi connectivity index (χ0) is 14.5. The quantitative estimate of drug-likeness (QED) is 0.580. The lowest BCUT2D eigenvalue weighted by Gasteiger charge is -2.47. The van der Waals surface area contributed by atoms with Crippen LogP contribution in [0.4, 0.5) is 0 Å². The van der Waals surface area contributed by atoms with Crippen molar-refractivity contribution >= 4 is 5.97 Å². The van der Waals surface area contributed by atoms with Crippen molar-refractivity contribution in [3.63, 3.8) is 0 Å². The van der Waals surface area contributed by atoms with Crippen LogP contribution in [0.5, 0.6) is 0 Å². The standard InChI is InChI=1S/C17H22O3/c1-10-9-19-16-8-17(4)6-5-15(20-12(3)18)11(2)14(17)7-13(10)16/h9,14-15H,2,5-8H2,1,3-4H3/t14-,15-,17+/m0/s1. The predicted molar refractivity (Wildman–Crippen MR) is 76.4 cm³/mol. The smallest absolute Gasteiger partial charge is 0.303 e. The number of carbonyl (C=O) groups is 1. The fourth-order valence-electron chi connectivity index (χ4n) is 3.93. The van der Waals surface area contributed by atoms with Gasteiger partial charge < -0.3 is 9.15 Å². The van der Waals surface area contributed by atoms with E-state index in [0.717, 1.165) is 37.0 Å². The van der Waals surface area contributed by atoms with Gasteiger partial charge in [0.25, 0.3) is 0 Å². The van der Waals surface area contributed by atoms with Crippen LogP contribution in [0.25, 0.3) is 0 Å². The fourth-order valence-corrected chi connectivity index (χ4v) is 3.93. The first-order chi connectivity index (χ1) is 9.40. The first-order valence-corrected chi connectivity index (χ1v) is 7.32. The number of furan rings is 1. The summed E-state index contributed by atoms with van der Waals surface area (Å²) in [5, 5.41) is 0. The van der Waals surface area contributed by atoms with E-state index in [9.17, 15) is 4.79 Å². The lowest BCUT2D eigenvalue weighted by atomic mass is 9.58. The minimum absolute atomic E-state index is 0.112. The van der Waals surface area contributed by atoms with E-state index < -0.39 is 0 Å². The zero-order valence-electron chi connectivity index (χ0n) is 12.5. The first-order valence-electron chi connectivity index (χ1n) is 7.32. The molecule has 0 saturated heterocycles. The highest BCUT2D eigenvalue weighted by Gasteiger charge is 2.47. The van der Waals surface area contributed by atoms with Crippen molar-refractivity contribution in [1.82, 2.24) is 0 Å². The molecule has 0 N–H and O–H groups in total. The molecule has 108 valence electrons. The maximum Gasteiger partial charge on any atom is 0.303 e. The molecule has 0 unspecified atom stereocenters. The highest BCUT2D eigenvalue weighted by Crippen LogP contribution is 2.51. The topological polar surface area (TPSA) is 39.4 Å². The minimum Gasteiger partial charge on any atom is -0.469 e. The van der Waals surface area contributed by atoms with Crippen LogP contribution in [0, 0.1) is 18.3 Å². The summed E-state index contributed by atoms with van der Waals surface area (Å²) in [6.45, 7) is 10.1. The van der Waals surface area contributed by atoms with Crippen LogP contribution in [0.2, 0.25) is 0 Å². The van der Waals surface area contributed by atoms with Crippen molar-refractivity contribution in [3.8, 4) is 0 Å². The highest BCUT2D eigenvalue weighted by molar-refractivity contribution is 5.66. The number of hydrogen-bond acceptors (Lipinski definition) is 3. The molecule has 0 spiro atoms. The maximum atomic E-state index is 11.2. The molecule has 1 aromatic rings. The Labute approximate surface area is 120 Å². The molecule has 0 bridgehead atoms. The SMILES string of the molecule is C=C1[C@@H](OC(C)=O)CC[C@]2(C)Cc3occ(C)c3C[C@@H]12. The van der Waals surface area contributed by atoms with Crippen molar-refractivity contribution in [2.45, 2.75) is 52.6 Å². The van der Waals surface area contributed by atoms with Gasteiger partial charge in [-0.1, -0.05) is 13.5 Å². The molecule has 1 fully saturated rings. The van der Waals surface area contributed by atoms with Gasteiger partial charge in [0.15, 0.2) is 0 Å². The molecular formula is C17H22O3. The van der Waals surface area contributed by atoms with Gasteiger partial charge in [0, 0.05) is 13.3 Å². The Balaban J connectivity index is 1.90.